The Morgan fingerprint density at radius 1 is 1.12 bits per heavy atom. The van der Waals surface area contributed by atoms with Crippen molar-refractivity contribution in [3.05, 3.63) is 35.9 Å². The minimum atomic E-state index is 0.551. The van der Waals surface area contributed by atoms with Gasteiger partial charge in [-0.2, -0.15) is 0 Å². The van der Waals surface area contributed by atoms with Gasteiger partial charge in [0.05, 0.1) is 0 Å². The van der Waals surface area contributed by atoms with E-state index in [1.54, 1.807) is 0 Å². The highest BCUT2D eigenvalue weighted by Crippen LogP contribution is 2.33. The smallest absolute Gasteiger partial charge is 0.0395 e. The Morgan fingerprint density at radius 3 is 2.50 bits per heavy atom. The van der Waals surface area contributed by atoms with Crippen LogP contribution in [0.15, 0.2) is 30.3 Å². The zero-order valence-electron chi connectivity index (χ0n) is 9.87. The van der Waals surface area contributed by atoms with Gasteiger partial charge >= 0.3 is 0 Å². The molecule has 0 saturated heterocycles. The van der Waals surface area contributed by atoms with E-state index in [2.05, 4.69) is 46.3 Å². The van der Waals surface area contributed by atoms with Crippen molar-refractivity contribution in [2.24, 2.45) is 5.92 Å². The lowest BCUT2D eigenvalue weighted by Crippen LogP contribution is -1.95. The van der Waals surface area contributed by atoms with Gasteiger partial charge in [0.15, 0.2) is 0 Å². The highest BCUT2D eigenvalue weighted by molar-refractivity contribution is 9.09. The van der Waals surface area contributed by atoms with Crippen LogP contribution in [-0.2, 0) is 0 Å². The average molecular weight is 281 g/mol. The predicted octanol–water partition coefficient (Wildman–Crippen LogP) is 5.48. The Hall–Kier alpha value is -0.300. The average Bonchev–Trinajstić information content (AvgIpc) is 2.83. The van der Waals surface area contributed by atoms with Crippen LogP contribution in [0.1, 0.15) is 55.3 Å². The molecule has 16 heavy (non-hydrogen) atoms. The molecule has 2 rings (SSSR count). The molecule has 0 aliphatic heterocycles. The van der Waals surface area contributed by atoms with Gasteiger partial charge in [-0.3, -0.25) is 0 Å². The number of benzene rings is 1. The Bertz CT molecular complexity index is 288. The van der Waals surface area contributed by atoms with Crippen LogP contribution in [0.3, 0.4) is 0 Å². The van der Waals surface area contributed by atoms with Gasteiger partial charge in [-0.15, -0.1) is 0 Å². The number of hydrogen-bond acceptors (Lipinski definition) is 0. The molecule has 1 aromatic carbocycles. The number of halogens is 1. The van der Waals surface area contributed by atoms with Crippen LogP contribution in [0.2, 0.25) is 0 Å². The zero-order valence-corrected chi connectivity index (χ0v) is 11.5. The molecule has 0 radical (unpaired) electrons. The summed E-state index contributed by atoms with van der Waals surface area (Å²) in [7, 11) is 0. The second-order valence-corrected chi connectivity index (χ2v) is 6.06. The summed E-state index contributed by atoms with van der Waals surface area (Å²) in [6.45, 7) is 0. The lowest BCUT2D eigenvalue weighted by molar-refractivity contribution is 0.473. The maximum Gasteiger partial charge on any atom is 0.0395 e. The van der Waals surface area contributed by atoms with Gasteiger partial charge in [0.2, 0.25) is 0 Å². The number of hydrogen-bond donors (Lipinski definition) is 0. The van der Waals surface area contributed by atoms with Crippen LogP contribution in [0.25, 0.3) is 0 Å². The molecule has 0 N–H and O–H groups in total. The highest BCUT2D eigenvalue weighted by Gasteiger charge is 2.15. The Kier molecular flexibility index (Phi) is 4.90. The minimum Gasteiger partial charge on any atom is -0.0839 e. The fraction of sp³-hybridized carbons (Fsp3) is 0.600. The van der Waals surface area contributed by atoms with E-state index < -0.39 is 0 Å². The van der Waals surface area contributed by atoms with E-state index in [-0.39, 0.29) is 0 Å². The highest BCUT2D eigenvalue weighted by atomic mass is 79.9. The molecule has 1 atom stereocenters. The van der Waals surface area contributed by atoms with Crippen LogP contribution in [0.5, 0.6) is 0 Å². The third kappa shape index (κ3) is 3.62. The van der Waals surface area contributed by atoms with Gasteiger partial charge in [-0.05, 0) is 17.9 Å². The topological polar surface area (TPSA) is 0 Å². The molecule has 1 unspecified atom stereocenters. The van der Waals surface area contributed by atoms with Crippen molar-refractivity contribution >= 4 is 15.9 Å². The molecule has 1 saturated carbocycles. The van der Waals surface area contributed by atoms with Gasteiger partial charge in [-0.1, -0.05) is 84.8 Å². The first-order valence-corrected chi connectivity index (χ1v) is 7.47. The maximum atomic E-state index is 3.80. The van der Waals surface area contributed by atoms with Crippen LogP contribution < -0.4 is 0 Å². The van der Waals surface area contributed by atoms with Gasteiger partial charge < -0.3 is 0 Å². The van der Waals surface area contributed by atoms with Crippen molar-refractivity contribution in [3.63, 3.8) is 0 Å². The van der Waals surface area contributed by atoms with Gasteiger partial charge in [0.25, 0.3) is 0 Å². The van der Waals surface area contributed by atoms with Gasteiger partial charge in [-0.25, -0.2) is 0 Å². The number of alkyl halides is 1. The molecular formula is C15H21Br. The summed E-state index contributed by atoms with van der Waals surface area (Å²) in [6.07, 6.45) is 10.0. The van der Waals surface area contributed by atoms with Gasteiger partial charge in [0, 0.05) is 4.83 Å². The summed E-state index contributed by atoms with van der Waals surface area (Å²) in [5, 5.41) is 0. The van der Waals surface area contributed by atoms with Crippen molar-refractivity contribution in [3.8, 4) is 0 Å². The molecule has 1 aromatic rings. The van der Waals surface area contributed by atoms with Crippen LogP contribution in [0, 0.1) is 5.92 Å². The van der Waals surface area contributed by atoms with Crippen molar-refractivity contribution in [2.45, 2.75) is 49.8 Å². The van der Waals surface area contributed by atoms with Crippen molar-refractivity contribution in [2.75, 3.05) is 0 Å². The fourth-order valence-electron chi connectivity index (χ4n) is 2.71. The molecule has 1 fully saturated rings. The Labute approximate surface area is 108 Å². The first kappa shape index (κ1) is 12.2. The molecule has 1 aliphatic rings. The molecule has 1 heteroatoms. The second kappa shape index (κ2) is 6.44. The molecule has 0 bridgehead atoms. The molecule has 0 amide bonds. The largest absolute Gasteiger partial charge is 0.0839 e. The summed E-state index contributed by atoms with van der Waals surface area (Å²) < 4.78 is 0. The summed E-state index contributed by atoms with van der Waals surface area (Å²) in [5.41, 5.74) is 1.42. The molecule has 88 valence electrons. The van der Waals surface area contributed by atoms with Crippen LogP contribution in [0.4, 0.5) is 0 Å². The summed E-state index contributed by atoms with van der Waals surface area (Å²) in [6, 6.07) is 10.8. The zero-order chi connectivity index (χ0) is 11.2. The molecule has 0 nitrogen and oxygen atoms in total. The van der Waals surface area contributed by atoms with E-state index in [1.807, 2.05) is 0 Å². The van der Waals surface area contributed by atoms with E-state index in [1.165, 1.54) is 50.5 Å². The standard InChI is InChI=1S/C15H21Br/c16-15(14-10-2-1-3-11-14)12-6-9-13-7-4-5-8-13/h1-3,10-11,13,15H,4-9,12H2. The number of rotatable bonds is 5. The first-order chi connectivity index (χ1) is 7.86. The van der Waals surface area contributed by atoms with E-state index in [0.29, 0.717) is 4.83 Å². The van der Waals surface area contributed by atoms with Crippen LogP contribution in [-0.4, -0.2) is 0 Å². The molecule has 0 heterocycles. The maximum absolute atomic E-state index is 3.80. The third-order valence-corrected chi connectivity index (χ3v) is 4.69. The van der Waals surface area contributed by atoms with Crippen molar-refractivity contribution in [1.29, 1.82) is 0 Å². The second-order valence-electron chi connectivity index (χ2n) is 4.96. The van der Waals surface area contributed by atoms with Crippen molar-refractivity contribution < 1.29 is 0 Å². The minimum absolute atomic E-state index is 0.551. The normalized spacial score (nSPS) is 18.8. The van der Waals surface area contributed by atoms with E-state index >= 15 is 0 Å². The van der Waals surface area contributed by atoms with Crippen molar-refractivity contribution in [1.82, 2.24) is 0 Å². The fourth-order valence-corrected chi connectivity index (χ4v) is 3.34. The Morgan fingerprint density at radius 2 is 1.81 bits per heavy atom. The summed E-state index contributed by atoms with van der Waals surface area (Å²) >= 11 is 3.80. The molecule has 0 aromatic heterocycles. The Balaban J connectivity index is 1.69. The quantitative estimate of drug-likeness (QED) is 0.627. The van der Waals surface area contributed by atoms with Gasteiger partial charge in [0.1, 0.15) is 0 Å². The van der Waals surface area contributed by atoms with E-state index in [9.17, 15) is 0 Å². The van der Waals surface area contributed by atoms with E-state index in [0.717, 1.165) is 5.92 Å². The summed E-state index contributed by atoms with van der Waals surface area (Å²) in [5.74, 6) is 1.04. The lowest BCUT2D eigenvalue weighted by Gasteiger charge is -2.12. The summed E-state index contributed by atoms with van der Waals surface area (Å²) in [4.78, 5) is 0.551. The third-order valence-electron chi connectivity index (χ3n) is 3.71. The SMILES string of the molecule is BrC(CCCC1CCCC1)c1ccccc1. The molecule has 1 aliphatic carbocycles. The monoisotopic (exact) mass is 280 g/mol. The van der Waals surface area contributed by atoms with Crippen LogP contribution >= 0.6 is 15.9 Å². The molecule has 0 spiro atoms. The predicted molar refractivity (Wildman–Crippen MR) is 73.9 cm³/mol. The first-order valence-electron chi connectivity index (χ1n) is 6.55. The lowest BCUT2D eigenvalue weighted by atomic mass is 9.98. The molecular weight excluding hydrogens is 260 g/mol. The van der Waals surface area contributed by atoms with E-state index in [4.69, 9.17) is 0 Å².